The minimum absolute atomic E-state index is 0.134. The number of thioether (sulfide) groups is 1. The summed E-state index contributed by atoms with van der Waals surface area (Å²) in [5.74, 6) is 0.582. The molecule has 1 fully saturated rings. The van der Waals surface area contributed by atoms with Gasteiger partial charge in [-0.05, 0) is 44.0 Å². The first-order chi connectivity index (χ1) is 9.46. The van der Waals surface area contributed by atoms with E-state index in [1.165, 1.54) is 12.1 Å². The lowest BCUT2D eigenvalue weighted by Gasteiger charge is -2.35. The molecule has 3 nitrogen and oxygen atoms in total. The van der Waals surface area contributed by atoms with E-state index >= 15 is 0 Å². The van der Waals surface area contributed by atoms with Gasteiger partial charge in [-0.1, -0.05) is 0 Å². The summed E-state index contributed by atoms with van der Waals surface area (Å²) >= 11 is 1.56. The summed E-state index contributed by atoms with van der Waals surface area (Å²) < 4.78 is 12.8. The van der Waals surface area contributed by atoms with Crippen LogP contribution in [0.4, 0.5) is 4.39 Å². The van der Waals surface area contributed by atoms with Crippen LogP contribution < -0.4 is 0 Å². The zero-order valence-corrected chi connectivity index (χ0v) is 12.5. The number of rotatable bonds is 4. The molecule has 1 aliphatic rings. The summed E-state index contributed by atoms with van der Waals surface area (Å²) in [4.78, 5) is 14.8. The van der Waals surface area contributed by atoms with E-state index in [-0.39, 0.29) is 11.7 Å². The van der Waals surface area contributed by atoms with Gasteiger partial charge in [-0.25, -0.2) is 4.39 Å². The molecule has 1 N–H and O–H groups in total. The van der Waals surface area contributed by atoms with Gasteiger partial charge in [-0.15, -0.1) is 11.8 Å². The van der Waals surface area contributed by atoms with E-state index in [0.717, 1.165) is 4.90 Å². The van der Waals surface area contributed by atoms with Gasteiger partial charge in [0.25, 0.3) is 0 Å². The Labute approximate surface area is 123 Å². The van der Waals surface area contributed by atoms with Crippen molar-refractivity contribution in [1.82, 2.24) is 4.90 Å². The molecule has 2 rings (SSSR count). The van der Waals surface area contributed by atoms with E-state index in [0.29, 0.717) is 38.1 Å². The minimum atomic E-state index is -0.625. The summed E-state index contributed by atoms with van der Waals surface area (Å²) in [6, 6.07) is 6.30. The summed E-state index contributed by atoms with van der Waals surface area (Å²) in [5.41, 5.74) is -0.625. The molecule has 0 aromatic heterocycles. The highest BCUT2D eigenvalue weighted by Gasteiger charge is 2.29. The van der Waals surface area contributed by atoms with Gasteiger partial charge in [0.05, 0.1) is 5.60 Å². The van der Waals surface area contributed by atoms with Crippen LogP contribution in [0.1, 0.15) is 26.2 Å². The highest BCUT2D eigenvalue weighted by Crippen LogP contribution is 2.23. The van der Waals surface area contributed by atoms with Crippen molar-refractivity contribution in [2.24, 2.45) is 0 Å². The lowest BCUT2D eigenvalue weighted by atomic mass is 9.94. The Morgan fingerprint density at radius 1 is 1.35 bits per heavy atom. The van der Waals surface area contributed by atoms with Gasteiger partial charge in [0.1, 0.15) is 5.82 Å². The van der Waals surface area contributed by atoms with Gasteiger partial charge in [-0.3, -0.25) is 4.79 Å². The number of carbonyl (C=O) groups excluding carboxylic acids is 1. The summed E-state index contributed by atoms with van der Waals surface area (Å²) in [6.45, 7) is 3.08. The number of nitrogens with zero attached hydrogens (tertiary/aromatic N) is 1. The van der Waals surface area contributed by atoms with E-state index in [4.69, 9.17) is 0 Å². The Balaban J connectivity index is 1.71. The molecular weight excluding hydrogens is 277 g/mol. The van der Waals surface area contributed by atoms with Crippen molar-refractivity contribution in [2.45, 2.75) is 36.7 Å². The van der Waals surface area contributed by atoms with Crippen LogP contribution in [-0.4, -0.2) is 40.4 Å². The van der Waals surface area contributed by atoms with E-state index in [2.05, 4.69) is 0 Å². The molecule has 1 amide bonds. The zero-order chi connectivity index (χ0) is 14.6. The molecule has 0 spiro atoms. The van der Waals surface area contributed by atoms with Gasteiger partial charge < -0.3 is 10.0 Å². The van der Waals surface area contributed by atoms with E-state index in [1.807, 2.05) is 11.8 Å². The van der Waals surface area contributed by atoms with Crippen LogP contribution >= 0.6 is 11.8 Å². The average molecular weight is 297 g/mol. The van der Waals surface area contributed by atoms with Crippen LogP contribution in [0.3, 0.4) is 0 Å². The fourth-order valence-electron chi connectivity index (χ4n) is 2.18. The second-order valence-electron chi connectivity index (χ2n) is 5.43. The monoisotopic (exact) mass is 297 g/mol. The van der Waals surface area contributed by atoms with Crippen LogP contribution in [0.25, 0.3) is 0 Å². The predicted octanol–water partition coefficient (Wildman–Crippen LogP) is 2.68. The maximum atomic E-state index is 12.8. The van der Waals surface area contributed by atoms with Gasteiger partial charge in [0, 0.05) is 30.2 Å². The number of halogens is 1. The number of carbonyl (C=O) groups is 1. The molecule has 1 aromatic rings. The largest absolute Gasteiger partial charge is 0.390 e. The van der Waals surface area contributed by atoms with Crippen LogP contribution in [0.15, 0.2) is 29.2 Å². The SMILES string of the molecule is CC1(O)CCN(C(=O)CCSc2ccc(F)cc2)CC1. The molecule has 1 heterocycles. The lowest BCUT2D eigenvalue weighted by Crippen LogP contribution is -2.45. The smallest absolute Gasteiger partial charge is 0.223 e. The fourth-order valence-corrected chi connectivity index (χ4v) is 3.02. The highest BCUT2D eigenvalue weighted by atomic mass is 32.2. The summed E-state index contributed by atoms with van der Waals surface area (Å²) in [6.07, 6.45) is 1.76. The first kappa shape index (κ1) is 15.3. The number of hydrogen-bond donors (Lipinski definition) is 1. The van der Waals surface area contributed by atoms with Crippen molar-refractivity contribution >= 4 is 17.7 Å². The Bertz CT molecular complexity index is 451. The molecule has 0 unspecified atom stereocenters. The van der Waals surface area contributed by atoms with Crippen molar-refractivity contribution in [3.05, 3.63) is 30.1 Å². The lowest BCUT2D eigenvalue weighted by molar-refractivity contribution is -0.134. The fraction of sp³-hybridized carbons (Fsp3) is 0.533. The second kappa shape index (κ2) is 6.59. The van der Waals surface area contributed by atoms with Gasteiger partial charge in [0.2, 0.25) is 5.91 Å². The Hall–Kier alpha value is -1.07. The van der Waals surface area contributed by atoms with E-state index in [1.54, 1.807) is 23.9 Å². The van der Waals surface area contributed by atoms with Gasteiger partial charge in [-0.2, -0.15) is 0 Å². The molecule has 110 valence electrons. The third kappa shape index (κ3) is 4.49. The third-order valence-electron chi connectivity index (χ3n) is 3.59. The number of amides is 1. The van der Waals surface area contributed by atoms with Crippen LogP contribution in [0, 0.1) is 5.82 Å². The Morgan fingerprint density at radius 2 is 1.95 bits per heavy atom. The number of aliphatic hydroxyl groups is 1. The van der Waals surface area contributed by atoms with E-state index < -0.39 is 5.60 Å². The highest BCUT2D eigenvalue weighted by molar-refractivity contribution is 7.99. The Kier molecular flexibility index (Phi) is 5.05. The van der Waals surface area contributed by atoms with Crippen molar-refractivity contribution < 1.29 is 14.3 Å². The standard InChI is InChI=1S/C15H20FNO2S/c1-15(19)7-9-17(10-8-15)14(18)6-11-20-13-4-2-12(16)3-5-13/h2-5,19H,6-11H2,1H3. The minimum Gasteiger partial charge on any atom is -0.390 e. The quantitative estimate of drug-likeness (QED) is 0.869. The van der Waals surface area contributed by atoms with Crippen molar-refractivity contribution in [2.75, 3.05) is 18.8 Å². The molecule has 0 bridgehead atoms. The van der Waals surface area contributed by atoms with Crippen LogP contribution in [0.5, 0.6) is 0 Å². The molecule has 0 aliphatic carbocycles. The molecular formula is C15H20FNO2S. The first-order valence-electron chi connectivity index (χ1n) is 6.85. The number of piperidine rings is 1. The van der Waals surface area contributed by atoms with Crippen LogP contribution in [-0.2, 0) is 4.79 Å². The molecule has 5 heteroatoms. The van der Waals surface area contributed by atoms with Crippen molar-refractivity contribution in [3.8, 4) is 0 Å². The third-order valence-corrected chi connectivity index (χ3v) is 4.61. The van der Waals surface area contributed by atoms with Gasteiger partial charge in [0.15, 0.2) is 0 Å². The molecule has 0 saturated carbocycles. The Morgan fingerprint density at radius 3 is 2.55 bits per heavy atom. The number of benzene rings is 1. The maximum Gasteiger partial charge on any atom is 0.223 e. The molecule has 1 saturated heterocycles. The van der Waals surface area contributed by atoms with Crippen molar-refractivity contribution in [1.29, 1.82) is 0 Å². The topological polar surface area (TPSA) is 40.5 Å². The average Bonchev–Trinajstić information content (AvgIpc) is 2.41. The van der Waals surface area contributed by atoms with E-state index in [9.17, 15) is 14.3 Å². The normalized spacial score (nSPS) is 18.1. The maximum absolute atomic E-state index is 12.8. The summed E-state index contributed by atoms with van der Waals surface area (Å²) in [7, 11) is 0. The molecule has 1 aliphatic heterocycles. The number of likely N-dealkylation sites (tertiary alicyclic amines) is 1. The molecule has 20 heavy (non-hydrogen) atoms. The van der Waals surface area contributed by atoms with Gasteiger partial charge >= 0.3 is 0 Å². The first-order valence-corrected chi connectivity index (χ1v) is 7.83. The predicted molar refractivity (Wildman–Crippen MR) is 78.2 cm³/mol. The molecule has 0 radical (unpaired) electrons. The second-order valence-corrected chi connectivity index (χ2v) is 6.60. The molecule has 0 atom stereocenters. The number of hydrogen-bond acceptors (Lipinski definition) is 3. The molecule has 1 aromatic carbocycles. The summed E-state index contributed by atoms with van der Waals surface area (Å²) in [5, 5.41) is 9.85. The van der Waals surface area contributed by atoms with Crippen LogP contribution in [0.2, 0.25) is 0 Å². The van der Waals surface area contributed by atoms with Crippen molar-refractivity contribution in [3.63, 3.8) is 0 Å². The zero-order valence-electron chi connectivity index (χ0n) is 11.6.